The third kappa shape index (κ3) is 4.82. The van der Waals surface area contributed by atoms with Crippen LogP contribution in [0.15, 0.2) is 12.7 Å². The zero-order valence-corrected chi connectivity index (χ0v) is 18.7. The summed E-state index contributed by atoms with van der Waals surface area (Å²) in [6.07, 6.45) is 9.04. The summed E-state index contributed by atoms with van der Waals surface area (Å²) in [5.41, 5.74) is 7.26. The van der Waals surface area contributed by atoms with Crippen molar-refractivity contribution < 1.29 is 14.3 Å². The largest absolute Gasteiger partial charge is 0.466 e. The molecule has 2 fully saturated rings. The van der Waals surface area contributed by atoms with Crippen molar-refractivity contribution in [3.63, 3.8) is 0 Å². The van der Waals surface area contributed by atoms with Gasteiger partial charge in [-0.3, -0.25) is 14.3 Å². The van der Waals surface area contributed by atoms with Crippen molar-refractivity contribution in [2.75, 3.05) is 18.9 Å². The van der Waals surface area contributed by atoms with E-state index >= 15 is 0 Å². The third-order valence-corrected chi connectivity index (χ3v) is 6.60. The molecule has 9 nitrogen and oxygen atoms in total. The molecule has 0 aromatic carbocycles. The minimum atomic E-state index is -0.0730. The Balaban J connectivity index is 1.30. The van der Waals surface area contributed by atoms with Gasteiger partial charge in [0, 0.05) is 25.0 Å². The number of fused-ring (bicyclic) bond motifs is 1. The summed E-state index contributed by atoms with van der Waals surface area (Å²) in [6.45, 7) is 7.74. The molecule has 9 heteroatoms. The number of rotatable bonds is 9. The van der Waals surface area contributed by atoms with Crippen LogP contribution in [-0.2, 0) is 14.3 Å². The Bertz CT molecular complexity index is 894. The maximum absolute atomic E-state index is 11.6. The first kappa shape index (κ1) is 22.0. The molecule has 1 saturated heterocycles. The summed E-state index contributed by atoms with van der Waals surface area (Å²) < 4.78 is 13.4. The zero-order chi connectivity index (χ0) is 22.0. The number of aromatic nitrogens is 4. The molecule has 0 radical (unpaired) electrons. The van der Waals surface area contributed by atoms with Gasteiger partial charge >= 0.3 is 5.97 Å². The predicted octanol–water partition coefficient (Wildman–Crippen LogP) is 2.92. The summed E-state index contributed by atoms with van der Waals surface area (Å²) in [5, 5.41) is 0. The summed E-state index contributed by atoms with van der Waals surface area (Å²) in [7, 11) is 0. The SMILES string of the molecule is CCOC(=O)CCC1CC(N(C[C@@H]2CC[C@H](n3cnc4c(N)ncnc43)O2)C(C)C)C1. The number of carbonyl (C=O) groups is 1. The smallest absolute Gasteiger partial charge is 0.305 e. The number of imidazole rings is 1. The number of carbonyl (C=O) groups excluding carboxylic acids is 1. The number of esters is 1. The molecule has 1 aliphatic carbocycles. The van der Waals surface area contributed by atoms with Crippen molar-refractivity contribution in [2.45, 2.75) is 83.7 Å². The summed E-state index contributed by atoms with van der Waals surface area (Å²) in [6, 6.07) is 1.02. The van der Waals surface area contributed by atoms with Gasteiger partial charge in [-0.15, -0.1) is 0 Å². The van der Waals surface area contributed by atoms with E-state index in [4.69, 9.17) is 15.2 Å². The number of anilines is 1. The monoisotopic (exact) mass is 430 g/mol. The second kappa shape index (κ2) is 9.48. The molecule has 1 saturated carbocycles. The van der Waals surface area contributed by atoms with Crippen LogP contribution in [0.2, 0.25) is 0 Å². The van der Waals surface area contributed by atoms with Gasteiger partial charge in [-0.2, -0.15) is 0 Å². The molecule has 2 N–H and O–H groups in total. The number of hydrogen-bond donors (Lipinski definition) is 1. The van der Waals surface area contributed by atoms with Gasteiger partial charge in [-0.25, -0.2) is 15.0 Å². The van der Waals surface area contributed by atoms with Crippen LogP contribution in [0.3, 0.4) is 0 Å². The molecule has 2 atom stereocenters. The minimum absolute atomic E-state index is 0.0722. The van der Waals surface area contributed by atoms with Crippen molar-refractivity contribution in [3.8, 4) is 0 Å². The van der Waals surface area contributed by atoms with Crippen molar-refractivity contribution in [3.05, 3.63) is 12.7 Å². The minimum Gasteiger partial charge on any atom is -0.466 e. The Hall–Kier alpha value is -2.26. The highest BCUT2D eigenvalue weighted by atomic mass is 16.5. The van der Waals surface area contributed by atoms with E-state index in [2.05, 4.69) is 33.7 Å². The van der Waals surface area contributed by atoms with Crippen LogP contribution in [0.4, 0.5) is 5.82 Å². The summed E-state index contributed by atoms with van der Waals surface area (Å²) >= 11 is 0. The summed E-state index contributed by atoms with van der Waals surface area (Å²) in [4.78, 5) is 26.9. The number of hydrogen-bond acceptors (Lipinski definition) is 8. The Morgan fingerprint density at radius 2 is 2.13 bits per heavy atom. The molecule has 3 heterocycles. The predicted molar refractivity (Wildman–Crippen MR) is 117 cm³/mol. The van der Waals surface area contributed by atoms with Gasteiger partial charge in [0.2, 0.25) is 0 Å². The van der Waals surface area contributed by atoms with E-state index < -0.39 is 0 Å². The van der Waals surface area contributed by atoms with E-state index in [-0.39, 0.29) is 18.3 Å². The van der Waals surface area contributed by atoms with E-state index in [0.717, 1.165) is 44.3 Å². The first-order valence-electron chi connectivity index (χ1n) is 11.5. The Morgan fingerprint density at radius 3 is 2.87 bits per heavy atom. The maximum atomic E-state index is 11.6. The van der Waals surface area contributed by atoms with Crippen LogP contribution in [-0.4, -0.2) is 61.7 Å². The maximum Gasteiger partial charge on any atom is 0.305 e. The third-order valence-electron chi connectivity index (χ3n) is 6.60. The number of ether oxygens (including phenoxy) is 2. The molecule has 0 unspecified atom stereocenters. The van der Waals surface area contributed by atoms with E-state index in [9.17, 15) is 4.79 Å². The van der Waals surface area contributed by atoms with Gasteiger partial charge in [-0.1, -0.05) is 0 Å². The molecule has 0 amide bonds. The molecule has 2 aromatic rings. The van der Waals surface area contributed by atoms with Crippen LogP contribution in [0, 0.1) is 5.92 Å². The van der Waals surface area contributed by atoms with E-state index in [1.165, 1.54) is 6.33 Å². The lowest BCUT2D eigenvalue weighted by atomic mass is 9.76. The van der Waals surface area contributed by atoms with E-state index in [1.807, 2.05) is 11.5 Å². The lowest BCUT2D eigenvalue weighted by Crippen LogP contribution is -2.50. The average molecular weight is 431 g/mol. The molecule has 31 heavy (non-hydrogen) atoms. The molecular formula is C22H34N6O3. The standard InChI is InChI=1S/C22H34N6O3/c1-4-30-19(29)8-5-15-9-16(10-15)27(14(2)3)11-17-6-7-18(31-17)28-13-26-20-21(23)24-12-25-22(20)28/h12-18H,4-11H2,1-3H3,(H2,23,24,25)/t15?,16?,17-,18+/m0/s1. The molecule has 170 valence electrons. The first-order valence-corrected chi connectivity index (χ1v) is 11.5. The summed E-state index contributed by atoms with van der Waals surface area (Å²) in [5.74, 6) is 0.943. The number of nitrogens with zero attached hydrogens (tertiary/aromatic N) is 5. The van der Waals surface area contributed by atoms with Gasteiger partial charge in [0.05, 0.1) is 19.0 Å². The fourth-order valence-corrected chi connectivity index (χ4v) is 4.89. The van der Waals surface area contributed by atoms with Crippen LogP contribution in [0.5, 0.6) is 0 Å². The highest BCUT2D eigenvalue weighted by molar-refractivity contribution is 5.81. The molecule has 1 aliphatic heterocycles. The van der Waals surface area contributed by atoms with Gasteiger partial charge in [-0.05, 0) is 58.8 Å². The van der Waals surface area contributed by atoms with E-state index in [1.54, 1.807) is 6.33 Å². The average Bonchev–Trinajstić information content (AvgIpc) is 3.33. The molecule has 2 aromatic heterocycles. The zero-order valence-electron chi connectivity index (χ0n) is 18.7. The second-order valence-corrected chi connectivity index (χ2v) is 9.00. The Morgan fingerprint density at radius 1 is 1.32 bits per heavy atom. The van der Waals surface area contributed by atoms with Gasteiger partial charge < -0.3 is 15.2 Å². The fourth-order valence-electron chi connectivity index (χ4n) is 4.89. The molecule has 0 bridgehead atoms. The second-order valence-electron chi connectivity index (χ2n) is 9.00. The van der Waals surface area contributed by atoms with Crippen LogP contribution in [0.1, 0.15) is 65.5 Å². The first-order chi connectivity index (χ1) is 15.0. The van der Waals surface area contributed by atoms with Crippen molar-refractivity contribution in [1.82, 2.24) is 24.4 Å². The van der Waals surface area contributed by atoms with Crippen LogP contribution in [0.25, 0.3) is 11.2 Å². The van der Waals surface area contributed by atoms with Crippen molar-refractivity contribution >= 4 is 23.0 Å². The van der Waals surface area contributed by atoms with E-state index in [0.29, 0.717) is 42.4 Å². The quantitative estimate of drug-likeness (QED) is 0.605. The molecule has 4 rings (SSSR count). The Labute approximate surface area is 183 Å². The van der Waals surface area contributed by atoms with Crippen molar-refractivity contribution in [2.24, 2.45) is 5.92 Å². The van der Waals surface area contributed by atoms with Gasteiger partial charge in [0.1, 0.15) is 18.1 Å². The van der Waals surface area contributed by atoms with Crippen LogP contribution >= 0.6 is 0 Å². The fraction of sp³-hybridized carbons (Fsp3) is 0.727. The lowest BCUT2D eigenvalue weighted by molar-refractivity contribution is -0.143. The number of nitrogens with two attached hydrogens (primary N) is 1. The van der Waals surface area contributed by atoms with Gasteiger partial charge in [0.15, 0.2) is 11.5 Å². The number of nitrogen functional groups attached to an aromatic ring is 1. The van der Waals surface area contributed by atoms with Gasteiger partial charge in [0.25, 0.3) is 0 Å². The molecule has 2 aliphatic rings. The molecule has 0 spiro atoms. The Kier molecular flexibility index (Phi) is 6.71. The van der Waals surface area contributed by atoms with Crippen molar-refractivity contribution in [1.29, 1.82) is 0 Å². The van der Waals surface area contributed by atoms with Crippen LogP contribution < -0.4 is 5.73 Å². The topological polar surface area (TPSA) is 108 Å². The molecular weight excluding hydrogens is 396 g/mol. The normalized spacial score (nSPS) is 26.0. The highest BCUT2D eigenvalue weighted by Crippen LogP contribution is 2.38. The highest BCUT2D eigenvalue weighted by Gasteiger charge is 2.37. The lowest BCUT2D eigenvalue weighted by Gasteiger charge is -2.46.